The number of carbonyl (C=O) groups is 1. The molecule has 0 bridgehead atoms. The lowest BCUT2D eigenvalue weighted by Gasteiger charge is -2.01. The molecule has 0 saturated carbocycles. The Kier molecular flexibility index (Phi) is 3.16. The van der Waals surface area contributed by atoms with E-state index in [1.165, 1.54) is 6.07 Å². The van der Waals surface area contributed by atoms with Gasteiger partial charge in [-0.3, -0.25) is 4.79 Å². The molecule has 0 heterocycles. The number of nitrogens with two attached hydrogens (primary N) is 1. The quantitative estimate of drug-likeness (QED) is 0.426. The lowest BCUT2D eigenvalue weighted by molar-refractivity contribution is 0.102. The predicted molar refractivity (Wildman–Crippen MR) is 50.8 cm³/mol. The maximum absolute atomic E-state index is 11.2. The number of rotatable bonds is 3. The summed E-state index contributed by atoms with van der Waals surface area (Å²) in [6.07, 6.45) is 0. The summed E-state index contributed by atoms with van der Waals surface area (Å²) in [4.78, 5) is 11.2. The van der Waals surface area contributed by atoms with Crippen molar-refractivity contribution in [1.82, 2.24) is 0 Å². The van der Waals surface area contributed by atoms with E-state index in [1.54, 1.807) is 18.2 Å². The molecule has 0 spiro atoms. The topological polar surface area (TPSA) is 80.4 Å². The molecule has 0 saturated heterocycles. The lowest BCUT2D eigenvalue weighted by Crippen LogP contribution is -2.11. The van der Waals surface area contributed by atoms with E-state index in [-0.39, 0.29) is 0 Å². The van der Waals surface area contributed by atoms with Gasteiger partial charge in [-0.05, 0) is 12.1 Å². The summed E-state index contributed by atoms with van der Waals surface area (Å²) in [5.41, 5.74) is 6.12. The van der Waals surface area contributed by atoms with Gasteiger partial charge in [-0.2, -0.15) is 0 Å². The first-order chi connectivity index (χ1) is 6.11. The van der Waals surface area contributed by atoms with Crippen molar-refractivity contribution in [2.45, 2.75) is 0 Å². The maximum Gasteiger partial charge on any atom is 0.179 e. The van der Waals surface area contributed by atoms with E-state index < -0.39 is 22.6 Å². The molecule has 0 aromatic heterocycles. The fourth-order valence-corrected chi connectivity index (χ4v) is 1.32. The van der Waals surface area contributed by atoms with E-state index in [1.807, 2.05) is 0 Å². The van der Waals surface area contributed by atoms with Gasteiger partial charge in [-0.25, -0.2) is 4.21 Å². The zero-order valence-corrected chi connectivity index (χ0v) is 7.58. The van der Waals surface area contributed by atoms with Crippen LogP contribution < -0.4 is 5.73 Å². The largest absolute Gasteiger partial charge is 0.398 e. The molecule has 3 N–H and O–H groups in total. The van der Waals surface area contributed by atoms with E-state index in [9.17, 15) is 9.00 Å². The van der Waals surface area contributed by atoms with Crippen LogP contribution in [0.25, 0.3) is 0 Å². The molecular weight excluding hydrogens is 190 g/mol. The van der Waals surface area contributed by atoms with Crippen molar-refractivity contribution in [2.75, 3.05) is 11.5 Å². The molecule has 0 aliphatic carbocycles. The second kappa shape index (κ2) is 4.15. The molecule has 1 aromatic carbocycles. The average Bonchev–Trinajstić information content (AvgIpc) is 2.03. The highest BCUT2D eigenvalue weighted by Gasteiger charge is 2.10. The van der Waals surface area contributed by atoms with Crippen LogP contribution >= 0.6 is 0 Å². The molecule has 70 valence electrons. The number of nitrogen functional groups attached to an aromatic ring is 1. The van der Waals surface area contributed by atoms with E-state index in [2.05, 4.69) is 0 Å². The summed E-state index contributed by atoms with van der Waals surface area (Å²) >= 11 is -2.11. The average molecular weight is 199 g/mol. The molecule has 1 unspecified atom stereocenters. The summed E-state index contributed by atoms with van der Waals surface area (Å²) in [6.45, 7) is 0. The minimum atomic E-state index is -2.11. The van der Waals surface area contributed by atoms with Gasteiger partial charge >= 0.3 is 0 Å². The van der Waals surface area contributed by atoms with Gasteiger partial charge in [0.1, 0.15) is 5.75 Å². The minimum absolute atomic E-state index is 0.296. The van der Waals surface area contributed by atoms with Gasteiger partial charge in [-0.15, -0.1) is 0 Å². The second-order valence-corrected chi connectivity index (χ2v) is 3.41. The molecule has 4 nitrogen and oxygen atoms in total. The van der Waals surface area contributed by atoms with E-state index >= 15 is 0 Å². The van der Waals surface area contributed by atoms with Crippen molar-refractivity contribution >= 4 is 22.6 Å². The van der Waals surface area contributed by atoms with Crippen LogP contribution in [0.4, 0.5) is 5.69 Å². The third-order valence-electron chi connectivity index (χ3n) is 1.52. The van der Waals surface area contributed by atoms with Crippen molar-refractivity contribution in [1.29, 1.82) is 0 Å². The fourth-order valence-electron chi connectivity index (χ4n) is 0.941. The number of ketones is 1. The summed E-state index contributed by atoms with van der Waals surface area (Å²) < 4.78 is 18.8. The Morgan fingerprint density at radius 1 is 1.46 bits per heavy atom. The van der Waals surface area contributed by atoms with Gasteiger partial charge in [0.2, 0.25) is 0 Å². The van der Waals surface area contributed by atoms with Crippen molar-refractivity contribution in [3.8, 4) is 0 Å². The maximum atomic E-state index is 11.2. The summed E-state index contributed by atoms with van der Waals surface area (Å²) in [6, 6.07) is 6.46. The molecule has 0 radical (unpaired) electrons. The Hall–Kier alpha value is -1.20. The number of anilines is 1. The van der Waals surface area contributed by atoms with Crippen molar-refractivity contribution in [2.24, 2.45) is 0 Å². The van der Waals surface area contributed by atoms with E-state index in [0.717, 1.165) is 0 Å². The highest BCUT2D eigenvalue weighted by molar-refractivity contribution is 7.80. The van der Waals surface area contributed by atoms with Gasteiger partial charge in [0.05, 0.1) is 0 Å². The van der Waals surface area contributed by atoms with Crippen LogP contribution in [0.5, 0.6) is 0 Å². The molecule has 0 aliphatic heterocycles. The number of hydrogen-bond donors (Lipinski definition) is 2. The Morgan fingerprint density at radius 2 is 2.08 bits per heavy atom. The molecule has 1 rings (SSSR count). The van der Waals surface area contributed by atoms with Gasteiger partial charge < -0.3 is 10.3 Å². The Labute approximate surface area is 78.0 Å². The van der Waals surface area contributed by atoms with Crippen LogP contribution in [-0.4, -0.2) is 20.3 Å². The Morgan fingerprint density at radius 3 is 2.62 bits per heavy atom. The van der Waals surface area contributed by atoms with Crippen molar-refractivity contribution in [3.05, 3.63) is 29.8 Å². The Bertz CT molecular complexity index is 351. The molecule has 5 heteroatoms. The number of benzene rings is 1. The molecular formula is C8H9NO3S. The first kappa shape index (κ1) is 9.88. The molecule has 13 heavy (non-hydrogen) atoms. The molecule has 0 aliphatic rings. The van der Waals surface area contributed by atoms with Crippen LogP contribution in [0, 0.1) is 0 Å². The highest BCUT2D eigenvalue weighted by Crippen LogP contribution is 2.11. The number of hydrogen-bond acceptors (Lipinski definition) is 3. The van der Waals surface area contributed by atoms with Crippen LogP contribution in [-0.2, 0) is 11.1 Å². The van der Waals surface area contributed by atoms with Gasteiger partial charge in [-0.1, -0.05) is 12.1 Å². The first-order valence-corrected chi connectivity index (χ1v) is 4.84. The zero-order valence-electron chi connectivity index (χ0n) is 6.77. The number of Topliss-reactive ketones (excluding diaryl/α,β-unsaturated/α-hetero) is 1. The summed E-state index contributed by atoms with van der Waals surface area (Å²) in [5, 5.41) is 0. The summed E-state index contributed by atoms with van der Waals surface area (Å²) in [5.74, 6) is -0.826. The SMILES string of the molecule is Nc1ccccc1C(=O)CS(=O)O. The number of para-hydroxylation sites is 1. The monoisotopic (exact) mass is 199 g/mol. The molecule has 1 atom stereocenters. The summed E-state index contributed by atoms with van der Waals surface area (Å²) in [7, 11) is 0. The van der Waals surface area contributed by atoms with E-state index in [0.29, 0.717) is 11.3 Å². The zero-order chi connectivity index (χ0) is 9.84. The van der Waals surface area contributed by atoms with Crippen LogP contribution in [0.15, 0.2) is 24.3 Å². The van der Waals surface area contributed by atoms with Crippen molar-refractivity contribution < 1.29 is 13.6 Å². The normalized spacial score (nSPS) is 12.4. The third kappa shape index (κ3) is 2.64. The first-order valence-electron chi connectivity index (χ1n) is 3.56. The van der Waals surface area contributed by atoms with Gasteiger partial charge in [0.15, 0.2) is 16.9 Å². The van der Waals surface area contributed by atoms with Gasteiger partial charge in [0, 0.05) is 11.3 Å². The van der Waals surface area contributed by atoms with Crippen LogP contribution in [0.1, 0.15) is 10.4 Å². The smallest absolute Gasteiger partial charge is 0.179 e. The second-order valence-electron chi connectivity index (χ2n) is 2.48. The van der Waals surface area contributed by atoms with E-state index in [4.69, 9.17) is 10.3 Å². The molecule has 1 aromatic rings. The highest BCUT2D eigenvalue weighted by atomic mass is 32.2. The minimum Gasteiger partial charge on any atom is -0.398 e. The van der Waals surface area contributed by atoms with Crippen molar-refractivity contribution in [3.63, 3.8) is 0 Å². The third-order valence-corrected chi connectivity index (χ3v) is 2.02. The predicted octanol–water partition coefficient (Wildman–Crippen LogP) is 0.673. The van der Waals surface area contributed by atoms with Crippen LogP contribution in [0.3, 0.4) is 0 Å². The molecule has 0 amide bonds. The Balaban J connectivity index is 2.89. The van der Waals surface area contributed by atoms with Gasteiger partial charge in [0.25, 0.3) is 0 Å². The lowest BCUT2D eigenvalue weighted by atomic mass is 10.1. The standard InChI is InChI=1S/C8H9NO3S/c9-7-4-2-1-3-6(7)8(10)5-13(11)12/h1-4H,5,9H2,(H,11,12). The molecule has 0 fully saturated rings. The fraction of sp³-hybridized carbons (Fsp3) is 0.125. The van der Waals surface area contributed by atoms with Crippen LogP contribution in [0.2, 0.25) is 0 Å². The number of carbonyl (C=O) groups excluding carboxylic acids is 1.